The van der Waals surface area contributed by atoms with Gasteiger partial charge in [0.15, 0.2) is 0 Å². The van der Waals surface area contributed by atoms with Gasteiger partial charge in [0, 0.05) is 23.0 Å². The van der Waals surface area contributed by atoms with Crippen LogP contribution >= 0.6 is 11.6 Å². The quantitative estimate of drug-likeness (QED) is 0.833. The molecule has 0 bridgehead atoms. The van der Waals surface area contributed by atoms with Crippen molar-refractivity contribution in [1.82, 2.24) is 5.32 Å². The van der Waals surface area contributed by atoms with Crippen LogP contribution in [0, 0.1) is 5.92 Å². The number of fused-ring (bicyclic) bond motifs is 1. The number of hydrogen-bond acceptors (Lipinski definition) is 2. The molecule has 2 nitrogen and oxygen atoms in total. The molecule has 1 aliphatic heterocycles. The Morgan fingerprint density at radius 3 is 2.95 bits per heavy atom. The zero-order valence-electron chi connectivity index (χ0n) is 12.3. The molecule has 1 N–H and O–H groups in total. The predicted molar refractivity (Wildman–Crippen MR) is 83.6 cm³/mol. The molecule has 0 saturated heterocycles. The fourth-order valence-electron chi connectivity index (χ4n) is 3.26. The monoisotopic (exact) mass is 293 g/mol. The summed E-state index contributed by atoms with van der Waals surface area (Å²) in [5.41, 5.74) is 2.56. The molecular weight excluding hydrogens is 270 g/mol. The molecule has 110 valence electrons. The van der Waals surface area contributed by atoms with Crippen molar-refractivity contribution in [2.45, 2.75) is 51.5 Å². The maximum atomic E-state index is 6.31. The number of nitrogens with one attached hydrogen (secondary N) is 1. The maximum Gasteiger partial charge on any atom is 0.127 e. The molecule has 1 aromatic rings. The highest BCUT2D eigenvalue weighted by Gasteiger charge is 2.27. The second-order valence-corrected chi connectivity index (χ2v) is 6.56. The molecule has 1 unspecified atom stereocenters. The van der Waals surface area contributed by atoms with Gasteiger partial charge in [0.25, 0.3) is 0 Å². The molecule has 2 aliphatic rings. The highest BCUT2D eigenvalue weighted by atomic mass is 35.5. The van der Waals surface area contributed by atoms with Crippen LogP contribution in [0.2, 0.25) is 5.02 Å². The first kappa shape index (κ1) is 14.2. The lowest BCUT2D eigenvalue weighted by atomic mass is 9.79. The summed E-state index contributed by atoms with van der Waals surface area (Å²) >= 11 is 6.31. The SMILES string of the molecule is CCCNC(CC1CCC1)c1cc(Cl)cc2c1OCC2. The van der Waals surface area contributed by atoms with Gasteiger partial charge in [-0.25, -0.2) is 0 Å². The largest absolute Gasteiger partial charge is 0.493 e. The van der Waals surface area contributed by atoms with Crippen molar-refractivity contribution in [3.8, 4) is 5.75 Å². The Balaban J connectivity index is 1.85. The first-order chi connectivity index (χ1) is 9.78. The summed E-state index contributed by atoms with van der Waals surface area (Å²) in [6.07, 6.45) is 7.53. The van der Waals surface area contributed by atoms with Crippen molar-refractivity contribution in [3.05, 3.63) is 28.3 Å². The van der Waals surface area contributed by atoms with Gasteiger partial charge in [-0.1, -0.05) is 37.8 Å². The van der Waals surface area contributed by atoms with E-state index in [2.05, 4.69) is 24.4 Å². The molecular formula is C17H24ClNO. The first-order valence-electron chi connectivity index (χ1n) is 7.96. The summed E-state index contributed by atoms with van der Waals surface area (Å²) < 4.78 is 5.88. The topological polar surface area (TPSA) is 21.3 Å². The van der Waals surface area contributed by atoms with E-state index >= 15 is 0 Å². The third-order valence-corrected chi connectivity index (χ3v) is 4.81. The van der Waals surface area contributed by atoms with Crippen LogP contribution in [-0.2, 0) is 6.42 Å². The van der Waals surface area contributed by atoms with Gasteiger partial charge in [0.05, 0.1) is 6.61 Å². The summed E-state index contributed by atoms with van der Waals surface area (Å²) in [6.45, 7) is 4.07. The molecule has 0 aromatic heterocycles. The van der Waals surface area contributed by atoms with Crippen molar-refractivity contribution >= 4 is 11.6 Å². The molecule has 3 rings (SSSR count). The smallest absolute Gasteiger partial charge is 0.127 e. The molecule has 1 aliphatic carbocycles. The van der Waals surface area contributed by atoms with Crippen molar-refractivity contribution in [1.29, 1.82) is 0 Å². The van der Waals surface area contributed by atoms with Crippen LogP contribution in [0.5, 0.6) is 5.75 Å². The Labute approximate surface area is 126 Å². The van der Waals surface area contributed by atoms with Crippen molar-refractivity contribution in [3.63, 3.8) is 0 Å². The minimum absolute atomic E-state index is 0.394. The van der Waals surface area contributed by atoms with Crippen LogP contribution in [0.1, 0.15) is 56.2 Å². The second-order valence-electron chi connectivity index (χ2n) is 6.12. The van der Waals surface area contributed by atoms with E-state index in [1.54, 1.807) is 0 Å². The Bertz CT molecular complexity index is 470. The van der Waals surface area contributed by atoms with E-state index in [9.17, 15) is 0 Å². The van der Waals surface area contributed by atoms with Crippen molar-refractivity contribution in [2.75, 3.05) is 13.2 Å². The van der Waals surface area contributed by atoms with Crippen molar-refractivity contribution < 1.29 is 4.74 Å². The summed E-state index contributed by atoms with van der Waals surface area (Å²) in [5.74, 6) is 1.97. The van der Waals surface area contributed by atoms with E-state index in [1.807, 2.05) is 0 Å². The third-order valence-electron chi connectivity index (χ3n) is 4.59. The minimum atomic E-state index is 0.394. The molecule has 1 heterocycles. The number of halogens is 1. The van der Waals surface area contributed by atoms with E-state index in [4.69, 9.17) is 16.3 Å². The number of hydrogen-bond donors (Lipinski definition) is 1. The zero-order valence-corrected chi connectivity index (χ0v) is 13.0. The van der Waals surface area contributed by atoms with Crippen LogP contribution in [0.25, 0.3) is 0 Å². The molecule has 0 radical (unpaired) electrons. The minimum Gasteiger partial charge on any atom is -0.493 e. The lowest BCUT2D eigenvalue weighted by Gasteiger charge is -2.31. The van der Waals surface area contributed by atoms with Gasteiger partial charge in [0.1, 0.15) is 5.75 Å². The fraction of sp³-hybridized carbons (Fsp3) is 0.647. The van der Waals surface area contributed by atoms with Gasteiger partial charge in [-0.15, -0.1) is 0 Å². The van der Waals surface area contributed by atoms with Crippen molar-refractivity contribution in [2.24, 2.45) is 5.92 Å². The Morgan fingerprint density at radius 1 is 1.40 bits per heavy atom. The van der Waals surface area contributed by atoms with Gasteiger partial charge >= 0.3 is 0 Å². The first-order valence-corrected chi connectivity index (χ1v) is 8.34. The van der Waals surface area contributed by atoms with E-state index in [1.165, 1.54) is 36.8 Å². The van der Waals surface area contributed by atoms with Gasteiger partial charge in [-0.2, -0.15) is 0 Å². The maximum absolute atomic E-state index is 6.31. The average Bonchev–Trinajstić information content (AvgIpc) is 2.84. The molecule has 1 fully saturated rings. The fourth-order valence-corrected chi connectivity index (χ4v) is 3.51. The Kier molecular flexibility index (Phi) is 4.52. The average molecular weight is 294 g/mol. The van der Waals surface area contributed by atoms with Crippen LogP contribution in [0.4, 0.5) is 0 Å². The van der Waals surface area contributed by atoms with Gasteiger partial charge in [0.2, 0.25) is 0 Å². The lowest BCUT2D eigenvalue weighted by Crippen LogP contribution is -2.27. The van der Waals surface area contributed by atoms with E-state index in [0.29, 0.717) is 6.04 Å². The van der Waals surface area contributed by atoms with Gasteiger partial charge < -0.3 is 10.1 Å². The van der Waals surface area contributed by atoms with Crippen LogP contribution in [0.3, 0.4) is 0 Å². The third kappa shape index (κ3) is 2.96. The Morgan fingerprint density at radius 2 is 2.25 bits per heavy atom. The highest BCUT2D eigenvalue weighted by Crippen LogP contribution is 2.41. The van der Waals surface area contributed by atoms with E-state index in [0.717, 1.165) is 42.7 Å². The lowest BCUT2D eigenvalue weighted by molar-refractivity contribution is 0.257. The summed E-state index contributed by atoms with van der Waals surface area (Å²) in [6, 6.07) is 4.57. The molecule has 0 amide bonds. The normalized spacial score (nSPS) is 19.3. The zero-order chi connectivity index (χ0) is 13.9. The summed E-state index contributed by atoms with van der Waals surface area (Å²) in [5, 5.41) is 4.55. The molecule has 1 aromatic carbocycles. The van der Waals surface area contributed by atoms with Crippen LogP contribution < -0.4 is 10.1 Å². The molecule has 3 heteroatoms. The van der Waals surface area contributed by atoms with Gasteiger partial charge in [-0.05, 0) is 43.0 Å². The molecule has 1 saturated carbocycles. The summed E-state index contributed by atoms with van der Waals surface area (Å²) in [7, 11) is 0. The van der Waals surface area contributed by atoms with Crippen LogP contribution in [0.15, 0.2) is 12.1 Å². The van der Waals surface area contributed by atoms with Crippen LogP contribution in [-0.4, -0.2) is 13.2 Å². The molecule has 1 atom stereocenters. The predicted octanol–water partition coefficient (Wildman–Crippen LogP) is 4.51. The highest BCUT2D eigenvalue weighted by molar-refractivity contribution is 6.30. The molecule has 0 spiro atoms. The number of ether oxygens (including phenoxy) is 1. The van der Waals surface area contributed by atoms with E-state index < -0.39 is 0 Å². The Hall–Kier alpha value is -0.730. The van der Waals surface area contributed by atoms with Gasteiger partial charge in [-0.3, -0.25) is 0 Å². The standard InChI is InChI=1S/C17H24ClNO/c1-2-7-19-16(9-12-4-3-5-12)15-11-14(18)10-13-6-8-20-17(13)15/h10-12,16,19H,2-9H2,1H3. The summed E-state index contributed by atoms with van der Waals surface area (Å²) in [4.78, 5) is 0. The van der Waals surface area contributed by atoms with E-state index in [-0.39, 0.29) is 0 Å². The number of benzene rings is 1. The number of rotatable bonds is 6. The second kappa shape index (κ2) is 6.36. The molecule has 20 heavy (non-hydrogen) atoms.